The number of nitrogens with one attached hydrogen (secondary N) is 1. The Bertz CT molecular complexity index is 850. The van der Waals surface area contributed by atoms with Crippen LogP contribution in [0.25, 0.3) is 11.3 Å². The standard InChI is InChI=1S/C16H15BrN4O3S/c1-9-14(10-3-5-11(17)6-4-10)19-15(25-9)18-12(22)7-21-13(23)8-20(2)16(21)24/h3-6H,7-8H2,1-2H3,(H,18,19,22). The second-order valence-corrected chi connectivity index (χ2v) is 7.72. The van der Waals surface area contributed by atoms with Gasteiger partial charge in [0, 0.05) is 22.0 Å². The number of hydrogen-bond acceptors (Lipinski definition) is 5. The maximum atomic E-state index is 12.2. The number of amides is 4. The molecule has 1 aromatic carbocycles. The fourth-order valence-electron chi connectivity index (χ4n) is 2.45. The average molecular weight is 423 g/mol. The van der Waals surface area contributed by atoms with Crippen LogP contribution in [0.3, 0.4) is 0 Å². The van der Waals surface area contributed by atoms with Crippen LogP contribution in [-0.4, -0.2) is 52.8 Å². The van der Waals surface area contributed by atoms with Gasteiger partial charge in [0.15, 0.2) is 5.13 Å². The number of halogens is 1. The van der Waals surface area contributed by atoms with Crippen molar-refractivity contribution in [1.82, 2.24) is 14.8 Å². The molecule has 1 fully saturated rings. The molecule has 1 saturated heterocycles. The molecule has 0 saturated carbocycles. The van der Waals surface area contributed by atoms with Crippen molar-refractivity contribution in [2.24, 2.45) is 0 Å². The van der Waals surface area contributed by atoms with Crippen LogP contribution < -0.4 is 5.32 Å². The van der Waals surface area contributed by atoms with E-state index in [2.05, 4.69) is 26.2 Å². The fraction of sp³-hybridized carbons (Fsp3) is 0.250. The predicted molar refractivity (Wildman–Crippen MR) is 98.4 cm³/mol. The zero-order chi connectivity index (χ0) is 18.1. The number of benzene rings is 1. The van der Waals surface area contributed by atoms with Gasteiger partial charge in [0.1, 0.15) is 13.1 Å². The van der Waals surface area contributed by atoms with Gasteiger partial charge in [-0.3, -0.25) is 14.5 Å². The van der Waals surface area contributed by atoms with E-state index in [0.29, 0.717) is 5.13 Å². The molecule has 130 valence electrons. The Balaban J connectivity index is 1.70. The number of aromatic nitrogens is 1. The number of likely N-dealkylation sites (N-methyl/N-ethyl adjacent to an activating group) is 1. The normalized spacial score (nSPS) is 14.4. The molecule has 25 heavy (non-hydrogen) atoms. The summed E-state index contributed by atoms with van der Waals surface area (Å²) in [7, 11) is 1.52. The molecule has 2 aromatic rings. The summed E-state index contributed by atoms with van der Waals surface area (Å²) in [6.45, 7) is 1.61. The molecule has 1 aromatic heterocycles. The first kappa shape index (κ1) is 17.6. The van der Waals surface area contributed by atoms with E-state index in [4.69, 9.17) is 0 Å². The highest BCUT2D eigenvalue weighted by atomic mass is 79.9. The highest BCUT2D eigenvalue weighted by Crippen LogP contribution is 2.31. The summed E-state index contributed by atoms with van der Waals surface area (Å²) in [6.07, 6.45) is 0. The monoisotopic (exact) mass is 422 g/mol. The number of rotatable bonds is 4. The molecular weight excluding hydrogens is 408 g/mol. The van der Waals surface area contributed by atoms with Crippen LogP contribution in [0.2, 0.25) is 0 Å². The van der Waals surface area contributed by atoms with Gasteiger partial charge in [-0.2, -0.15) is 0 Å². The van der Waals surface area contributed by atoms with Crippen LogP contribution in [0.1, 0.15) is 4.88 Å². The van der Waals surface area contributed by atoms with Crippen LogP contribution in [0, 0.1) is 6.92 Å². The maximum absolute atomic E-state index is 12.2. The first-order chi connectivity index (χ1) is 11.8. The summed E-state index contributed by atoms with van der Waals surface area (Å²) in [5, 5.41) is 3.10. The van der Waals surface area contributed by atoms with Crippen molar-refractivity contribution in [2.75, 3.05) is 25.5 Å². The molecule has 2 heterocycles. The SMILES string of the molecule is Cc1sc(NC(=O)CN2C(=O)CN(C)C2=O)nc1-c1ccc(Br)cc1. The number of thiazole rings is 1. The lowest BCUT2D eigenvalue weighted by Gasteiger charge is -2.12. The van der Waals surface area contributed by atoms with Gasteiger partial charge in [-0.1, -0.05) is 28.1 Å². The molecule has 0 aliphatic carbocycles. The summed E-state index contributed by atoms with van der Waals surface area (Å²) in [6, 6.07) is 7.26. The van der Waals surface area contributed by atoms with Gasteiger partial charge in [-0.05, 0) is 19.1 Å². The molecule has 1 aliphatic rings. The van der Waals surface area contributed by atoms with E-state index in [-0.39, 0.29) is 19.0 Å². The quantitative estimate of drug-likeness (QED) is 0.767. The molecule has 0 bridgehead atoms. The summed E-state index contributed by atoms with van der Waals surface area (Å²) in [5.41, 5.74) is 1.74. The second kappa shape index (κ2) is 6.93. The largest absolute Gasteiger partial charge is 0.327 e. The Labute approximate surface area is 156 Å². The molecule has 0 atom stereocenters. The maximum Gasteiger partial charge on any atom is 0.327 e. The van der Waals surface area contributed by atoms with E-state index < -0.39 is 11.9 Å². The minimum absolute atomic E-state index is 0.00378. The van der Waals surface area contributed by atoms with Crippen molar-refractivity contribution in [3.63, 3.8) is 0 Å². The minimum Gasteiger partial charge on any atom is -0.318 e. The molecule has 0 unspecified atom stereocenters. The molecular formula is C16H15BrN4O3S. The third kappa shape index (κ3) is 3.72. The van der Waals surface area contributed by atoms with Gasteiger partial charge in [0.05, 0.1) is 5.69 Å². The van der Waals surface area contributed by atoms with Gasteiger partial charge < -0.3 is 10.2 Å². The van der Waals surface area contributed by atoms with Crippen LogP contribution in [0.15, 0.2) is 28.7 Å². The lowest BCUT2D eigenvalue weighted by atomic mass is 10.1. The van der Waals surface area contributed by atoms with Gasteiger partial charge in [0.25, 0.3) is 5.91 Å². The van der Waals surface area contributed by atoms with Crippen LogP contribution in [-0.2, 0) is 9.59 Å². The number of carbonyl (C=O) groups is 3. The van der Waals surface area contributed by atoms with E-state index in [9.17, 15) is 14.4 Å². The lowest BCUT2D eigenvalue weighted by Crippen LogP contribution is -2.38. The third-order valence-corrected chi connectivity index (χ3v) is 5.11. The minimum atomic E-state index is -0.467. The number of urea groups is 1. The average Bonchev–Trinajstić information content (AvgIpc) is 3.02. The Hall–Kier alpha value is -2.26. The molecule has 1 aliphatic heterocycles. The van der Waals surface area contributed by atoms with Crippen molar-refractivity contribution in [1.29, 1.82) is 0 Å². The van der Waals surface area contributed by atoms with E-state index in [1.165, 1.54) is 23.3 Å². The number of aryl methyl sites for hydroxylation is 1. The number of anilines is 1. The van der Waals surface area contributed by atoms with Crippen LogP contribution in [0.5, 0.6) is 0 Å². The molecule has 3 rings (SSSR count). The van der Waals surface area contributed by atoms with Gasteiger partial charge >= 0.3 is 6.03 Å². The number of carbonyl (C=O) groups excluding carboxylic acids is 3. The fourth-order valence-corrected chi connectivity index (χ4v) is 3.57. The Morgan fingerprint density at radius 3 is 2.60 bits per heavy atom. The smallest absolute Gasteiger partial charge is 0.318 e. The van der Waals surface area contributed by atoms with Crippen LogP contribution in [0.4, 0.5) is 9.93 Å². The molecule has 1 N–H and O–H groups in total. The van der Waals surface area contributed by atoms with Crippen LogP contribution >= 0.6 is 27.3 Å². The van der Waals surface area contributed by atoms with Crippen molar-refractivity contribution in [2.45, 2.75) is 6.92 Å². The molecule has 9 heteroatoms. The van der Waals surface area contributed by atoms with E-state index in [1.54, 1.807) is 0 Å². The second-order valence-electron chi connectivity index (χ2n) is 5.60. The van der Waals surface area contributed by atoms with Crippen molar-refractivity contribution in [3.8, 4) is 11.3 Å². The lowest BCUT2D eigenvalue weighted by molar-refractivity contribution is -0.129. The highest BCUT2D eigenvalue weighted by molar-refractivity contribution is 9.10. The molecule has 7 nitrogen and oxygen atoms in total. The highest BCUT2D eigenvalue weighted by Gasteiger charge is 2.34. The van der Waals surface area contributed by atoms with E-state index in [1.807, 2.05) is 31.2 Å². The Kier molecular flexibility index (Phi) is 4.87. The molecule has 0 spiro atoms. The summed E-state index contributed by atoms with van der Waals surface area (Å²) < 4.78 is 0.975. The summed E-state index contributed by atoms with van der Waals surface area (Å²) >= 11 is 4.74. The Morgan fingerprint density at radius 2 is 2.00 bits per heavy atom. The number of hydrogen-bond donors (Lipinski definition) is 1. The molecule has 0 radical (unpaired) electrons. The van der Waals surface area contributed by atoms with Gasteiger partial charge in [-0.15, -0.1) is 11.3 Å². The summed E-state index contributed by atoms with van der Waals surface area (Å²) in [4.78, 5) is 43.3. The number of nitrogens with zero attached hydrogens (tertiary/aromatic N) is 3. The first-order valence-electron chi connectivity index (χ1n) is 7.44. The van der Waals surface area contributed by atoms with Crippen molar-refractivity contribution < 1.29 is 14.4 Å². The molecule has 4 amide bonds. The predicted octanol–water partition coefficient (Wildman–Crippen LogP) is 2.71. The first-order valence-corrected chi connectivity index (χ1v) is 9.05. The van der Waals surface area contributed by atoms with Crippen molar-refractivity contribution in [3.05, 3.63) is 33.6 Å². The van der Waals surface area contributed by atoms with Gasteiger partial charge in [-0.25, -0.2) is 9.78 Å². The van der Waals surface area contributed by atoms with E-state index in [0.717, 1.165) is 25.5 Å². The Morgan fingerprint density at radius 1 is 1.32 bits per heavy atom. The summed E-state index contributed by atoms with van der Waals surface area (Å²) in [5.74, 6) is -0.832. The van der Waals surface area contributed by atoms with Gasteiger partial charge in [0.2, 0.25) is 5.91 Å². The topological polar surface area (TPSA) is 82.6 Å². The van der Waals surface area contributed by atoms with Crippen molar-refractivity contribution >= 4 is 50.2 Å². The number of imide groups is 1. The zero-order valence-electron chi connectivity index (χ0n) is 13.6. The zero-order valence-corrected chi connectivity index (χ0v) is 16.0. The van der Waals surface area contributed by atoms with E-state index >= 15 is 0 Å². The third-order valence-electron chi connectivity index (χ3n) is 3.69.